The summed E-state index contributed by atoms with van der Waals surface area (Å²) in [6.45, 7) is 7.27. The molecule has 0 radical (unpaired) electrons. The van der Waals surface area contributed by atoms with Gasteiger partial charge in [-0.25, -0.2) is 0 Å². The third-order valence-corrected chi connectivity index (χ3v) is 3.56. The molecule has 4 heteroatoms. The van der Waals surface area contributed by atoms with Crippen molar-refractivity contribution in [1.29, 1.82) is 5.26 Å². The number of aliphatic hydroxyl groups is 1. The first-order chi connectivity index (χ1) is 9.43. The first kappa shape index (κ1) is 16.5. The van der Waals surface area contributed by atoms with Crippen molar-refractivity contribution in [1.82, 2.24) is 4.90 Å². The lowest BCUT2D eigenvalue weighted by Crippen LogP contribution is -2.40. The predicted molar refractivity (Wildman–Crippen MR) is 79.6 cm³/mol. The van der Waals surface area contributed by atoms with Gasteiger partial charge in [0.15, 0.2) is 0 Å². The molecule has 2 atom stereocenters. The monoisotopic (exact) mass is 276 g/mol. The van der Waals surface area contributed by atoms with E-state index >= 15 is 0 Å². The Labute approximate surface area is 121 Å². The van der Waals surface area contributed by atoms with Crippen LogP contribution in [0.1, 0.15) is 26.3 Å². The Kier molecular flexibility index (Phi) is 6.50. The van der Waals surface area contributed by atoms with Gasteiger partial charge in [0.2, 0.25) is 0 Å². The van der Waals surface area contributed by atoms with Gasteiger partial charge in [0, 0.05) is 12.6 Å². The number of rotatable bonds is 7. The van der Waals surface area contributed by atoms with Gasteiger partial charge >= 0.3 is 0 Å². The van der Waals surface area contributed by atoms with E-state index in [0.717, 1.165) is 0 Å². The van der Waals surface area contributed by atoms with Crippen molar-refractivity contribution in [3.05, 3.63) is 29.8 Å². The molecule has 1 aromatic rings. The Morgan fingerprint density at radius 2 is 2.05 bits per heavy atom. The van der Waals surface area contributed by atoms with Crippen LogP contribution in [0.15, 0.2) is 24.3 Å². The Hall–Kier alpha value is -1.57. The third kappa shape index (κ3) is 5.20. The van der Waals surface area contributed by atoms with Gasteiger partial charge in [-0.05, 0) is 38.1 Å². The highest BCUT2D eigenvalue weighted by Crippen LogP contribution is 2.13. The predicted octanol–water partition coefficient (Wildman–Crippen LogP) is 2.27. The minimum absolute atomic E-state index is 0.226. The summed E-state index contributed by atoms with van der Waals surface area (Å²) in [6.07, 6.45) is -0.549. The highest BCUT2D eigenvalue weighted by atomic mass is 16.5. The molecule has 0 fully saturated rings. The second kappa shape index (κ2) is 7.88. The standard InChI is InChI=1S/C16H24N2O2/c1-12(2)13(3)18(4)10-15(19)11-20-16-7-5-6-14(8-16)9-17/h5-8,12-13,15,19H,10-11H2,1-4H3. The fourth-order valence-electron chi connectivity index (χ4n) is 1.91. The summed E-state index contributed by atoms with van der Waals surface area (Å²) in [4.78, 5) is 2.13. The molecule has 1 aromatic carbocycles. The molecule has 0 amide bonds. The van der Waals surface area contributed by atoms with Gasteiger partial charge in [-0.1, -0.05) is 19.9 Å². The second-order valence-electron chi connectivity index (χ2n) is 5.53. The zero-order chi connectivity index (χ0) is 15.1. The normalized spacial score (nSPS) is 14.1. The summed E-state index contributed by atoms with van der Waals surface area (Å²) >= 11 is 0. The maximum absolute atomic E-state index is 10.0. The zero-order valence-electron chi connectivity index (χ0n) is 12.7. The Balaban J connectivity index is 2.43. The summed E-state index contributed by atoms with van der Waals surface area (Å²) in [5, 5.41) is 18.8. The second-order valence-corrected chi connectivity index (χ2v) is 5.53. The van der Waals surface area contributed by atoms with Gasteiger partial charge in [-0.3, -0.25) is 0 Å². The van der Waals surface area contributed by atoms with Gasteiger partial charge in [0.1, 0.15) is 18.5 Å². The van der Waals surface area contributed by atoms with Crippen LogP contribution in [0.4, 0.5) is 0 Å². The topological polar surface area (TPSA) is 56.5 Å². The van der Waals surface area contributed by atoms with Crippen molar-refractivity contribution >= 4 is 0 Å². The zero-order valence-corrected chi connectivity index (χ0v) is 12.7. The van der Waals surface area contributed by atoms with Gasteiger partial charge in [-0.2, -0.15) is 5.26 Å². The maximum atomic E-state index is 10.0. The lowest BCUT2D eigenvalue weighted by molar-refractivity contribution is 0.0583. The summed E-state index contributed by atoms with van der Waals surface area (Å²) in [7, 11) is 2.00. The van der Waals surface area contributed by atoms with E-state index in [4.69, 9.17) is 10.00 Å². The number of aliphatic hydroxyl groups excluding tert-OH is 1. The highest BCUT2D eigenvalue weighted by molar-refractivity contribution is 5.36. The Morgan fingerprint density at radius 1 is 1.35 bits per heavy atom. The van der Waals surface area contributed by atoms with Crippen LogP contribution in [0.3, 0.4) is 0 Å². The van der Waals surface area contributed by atoms with Crippen LogP contribution in [-0.2, 0) is 0 Å². The molecule has 2 unspecified atom stereocenters. The summed E-state index contributed by atoms with van der Waals surface area (Å²) < 4.78 is 5.52. The molecule has 0 aromatic heterocycles. The average Bonchev–Trinajstić information content (AvgIpc) is 2.44. The Morgan fingerprint density at radius 3 is 2.65 bits per heavy atom. The van der Waals surface area contributed by atoms with E-state index in [1.807, 2.05) is 7.05 Å². The highest BCUT2D eigenvalue weighted by Gasteiger charge is 2.16. The molecular formula is C16H24N2O2. The molecular weight excluding hydrogens is 252 g/mol. The van der Waals surface area contributed by atoms with Crippen molar-refractivity contribution in [2.24, 2.45) is 5.92 Å². The quantitative estimate of drug-likeness (QED) is 0.830. The minimum atomic E-state index is -0.549. The van der Waals surface area contributed by atoms with E-state index in [9.17, 15) is 5.11 Å². The molecule has 0 saturated carbocycles. The van der Waals surface area contributed by atoms with Crippen molar-refractivity contribution in [2.45, 2.75) is 32.9 Å². The van der Waals surface area contributed by atoms with E-state index in [0.29, 0.717) is 29.8 Å². The van der Waals surface area contributed by atoms with Gasteiger partial charge in [0.05, 0.1) is 11.6 Å². The number of nitrogens with zero attached hydrogens (tertiary/aromatic N) is 2. The summed E-state index contributed by atoms with van der Waals surface area (Å²) in [5.41, 5.74) is 0.558. The van der Waals surface area contributed by atoms with E-state index < -0.39 is 6.10 Å². The molecule has 0 spiro atoms. The van der Waals surface area contributed by atoms with Crippen molar-refractivity contribution in [3.8, 4) is 11.8 Å². The van der Waals surface area contributed by atoms with Crippen LogP contribution >= 0.6 is 0 Å². The number of benzene rings is 1. The van der Waals surface area contributed by atoms with Crippen LogP contribution in [-0.4, -0.2) is 42.4 Å². The van der Waals surface area contributed by atoms with E-state index in [2.05, 4.69) is 31.7 Å². The van der Waals surface area contributed by atoms with Gasteiger partial charge in [0.25, 0.3) is 0 Å². The molecule has 0 saturated heterocycles. The van der Waals surface area contributed by atoms with E-state index in [-0.39, 0.29) is 6.61 Å². The fourth-order valence-corrected chi connectivity index (χ4v) is 1.91. The lowest BCUT2D eigenvalue weighted by Gasteiger charge is -2.29. The molecule has 20 heavy (non-hydrogen) atoms. The van der Waals surface area contributed by atoms with Crippen LogP contribution < -0.4 is 4.74 Å². The molecule has 1 rings (SSSR count). The average molecular weight is 276 g/mol. The lowest BCUT2D eigenvalue weighted by atomic mass is 10.1. The first-order valence-corrected chi connectivity index (χ1v) is 6.95. The van der Waals surface area contributed by atoms with Crippen molar-refractivity contribution in [3.63, 3.8) is 0 Å². The number of ether oxygens (including phenoxy) is 1. The summed E-state index contributed by atoms with van der Waals surface area (Å²) in [6, 6.07) is 9.43. The van der Waals surface area contributed by atoms with Crippen LogP contribution in [0, 0.1) is 17.2 Å². The van der Waals surface area contributed by atoms with E-state index in [1.54, 1.807) is 24.3 Å². The Bertz CT molecular complexity index is 454. The maximum Gasteiger partial charge on any atom is 0.120 e. The SMILES string of the molecule is CC(C)C(C)N(C)CC(O)COc1cccc(C#N)c1. The molecule has 0 aliphatic rings. The fraction of sp³-hybridized carbons (Fsp3) is 0.562. The van der Waals surface area contributed by atoms with Gasteiger partial charge in [-0.15, -0.1) is 0 Å². The van der Waals surface area contributed by atoms with Gasteiger partial charge < -0.3 is 14.7 Å². The molecule has 0 aliphatic carbocycles. The van der Waals surface area contributed by atoms with Crippen LogP contribution in [0.2, 0.25) is 0 Å². The molecule has 0 aliphatic heterocycles. The minimum Gasteiger partial charge on any atom is -0.491 e. The third-order valence-electron chi connectivity index (χ3n) is 3.56. The molecule has 0 bridgehead atoms. The number of hydrogen-bond acceptors (Lipinski definition) is 4. The molecule has 1 N–H and O–H groups in total. The smallest absolute Gasteiger partial charge is 0.120 e. The molecule has 4 nitrogen and oxygen atoms in total. The molecule has 0 heterocycles. The van der Waals surface area contributed by atoms with Crippen molar-refractivity contribution < 1.29 is 9.84 Å². The number of nitriles is 1. The largest absolute Gasteiger partial charge is 0.491 e. The van der Waals surface area contributed by atoms with Crippen LogP contribution in [0.25, 0.3) is 0 Å². The van der Waals surface area contributed by atoms with Crippen molar-refractivity contribution in [2.75, 3.05) is 20.2 Å². The summed E-state index contributed by atoms with van der Waals surface area (Å²) in [5.74, 6) is 1.16. The number of hydrogen-bond donors (Lipinski definition) is 1. The van der Waals surface area contributed by atoms with Crippen LogP contribution in [0.5, 0.6) is 5.75 Å². The van der Waals surface area contributed by atoms with E-state index in [1.165, 1.54) is 0 Å². The first-order valence-electron chi connectivity index (χ1n) is 6.95. The number of likely N-dealkylation sites (N-methyl/N-ethyl adjacent to an activating group) is 1. The molecule has 110 valence electrons.